The van der Waals surface area contributed by atoms with Crippen molar-refractivity contribution in [2.75, 3.05) is 11.9 Å². The van der Waals surface area contributed by atoms with E-state index < -0.39 is 0 Å². The van der Waals surface area contributed by atoms with Gasteiger partial charge in [0.05, 0.1) is 6.54 Å². The van der Waals surface area contributed by atoms with E-state index in [2.05, 4.69) is 15.6 Å². The fourth-order valence-corrected chi connectivity index (χ4v) is 2.32. The van der Waals surface area contributed by atoms with Gasteiger partial charge in [0.1, 0.15) is 0 Å². The Balaban J connectivity index is 1.72. The fraction of sp³-hybridized carbons (Fsp3) is 0.500. The lowest BCUT2D eigenvalue weighted by molar-refractivity contribution is -0.128. The van der Waals surface area contributed by atoms with Gasteiger partial charge in [-0.1, -0.05) is 19.3 Å². The van der Waals surface area contributed by atoms with Gasteiger partial charge in [-0.05, 0) is 25.0 Å². The maximum Gasteiger partial charge on any atom is 0.243 e. The first-order valence-corrected chi connectivity index (χ1v) is 6.73. The summed E-state index contributed by atoms with van der Waals surface area (Å²) >= 11 is 0. The molecule has 0 spiro atoms. The smallest absolute Gasteiger partial charge is 0.243 e. The molecule has 1 heterocycles. The van der Waals surface area contributed by atoms with Crippen molar-refractivity contribution in [3.8, 4) is 0 Å². The fourth-order valence-electron chi connectivity index (χ4n) is 2.32. The van der Waals surface area contributed by atoms with E-state index in [1.54, 1.807) is 24.5 Å². The average molecular weight is 261 g/mol. The first-order valence-electron chi connectivity index (χ1n) is 6.73. The molecule has 1 saturated carbocycles. The number of aromatic nitrogens is 1. The minimum Gasteiger partial charge on any atom is -0.347 e. The van der Waals surface area contributed by atoms with Gasteiger partial charge in [-0.25, -0.2) is 0 Å². The number of nitrogens with zero attached hydrogens (tertiary/aromatic N) is 1. The molecular formula is C14H19N3O2. The number of hydrogen-bond acceptors (Lipinski definition) is 3. The van der Waals surface area contributed by atoms with Crippen molar-refractivity contribution in [3.63, 3.8) is 0 Å². The van der Waals surface area contributed by atoms with Crippen LogP contribution in [0.4, 0.5) is 5.69 Å². The summed E-state index contributed by atoms with van der Waals surface area (Å²) in [6.45, 7) is 0.0255. The Morgan fingerprint density at radius 1 is 1.16 bits per heavy atom. The molecule has 0 aromatic carbocycles. The lowest BCUT2D eigenvalue weighted by atomic mass is 9.89. The van der Waals surface area contributed by atoms with Gasteiger partial charge in [0.15, 0.2) is 0 Å². The van der Waals surface area contributed by atoms with Gasteiger partial charge in [0.25, 0.3) is 0 Å². The lowest BCUT2D eigenvalue weighted by Crippen LogP contribution is -2.37. The second-order valence-corrected chi connectivity index (χ2v) is 4.84. The zero-order valence-electron chi connectivity index (χ0n) is 10.9. The molecule has 1 aliphatic carbocycles. The van der Waals surface area contributed by atoms with Crippen molar-refractivity contribution in [3.05, 3.63) is 24.5 Å². The standard InChI is InChI=1S/C14H19N3O2/c18-13(17-12-6-8-15-9-7-12)10-16-14(19)11-4-2-1-3-5-11/h6-9,11H,1-5,10H2,(H,16,19)(H,15,17,18). The molecule has 1 aromatic heterocycles. The minimum atomic E-state index is -0.213. The van der Waals surface area contributed by atoms with E-state index in [1.807, 2.05) is 0 Å². The molecule has 1 aromatic rings. The molecule has 0 bridgehead atoms. The van der Waals surface area contributed by atoms with Crippen molar-refractivity contribution >= 4 is 17.5 Å². The largest absolute Gasteiger partial charge is 0.347 e. The molecule has 102 valence electrons. The van der Waals surface area contributed by atoms with E-state index in [1.165, 1.54) is 6.42 Å². The Kier molecular flexibility index (Phi) is 4.89. The Bertz CT molecular complexity index is 428. The van der Waals surface area contributed by atoms with Gasteiger partial charge in [-0.15, -0.1) is 0 Å². The van der Waals surface area contributed by atoms with Crippen molar-refractivity contribution in [1.82, 2.24) is 10.3 Å². The first-order chi connectivity index (χ1) is 9.25. The number of pyridine rings is 1. The molecule has 0 atom stereocenters. The molecular weight excluding hydrogens is 242 g/mol. The van der Waals surface area contributed by atoms with Crippen LogP contribution in [0, 0.1) is 5.92 Å². The van der Waals surface area contributed by atoms with Gasteiger partial charge in [0, 0.05) is 24.0 Å². The van der Waals surface area contributed by atoms with E-state index in [0.717, 1.165) is 25.7 Å². The molecule has 0 unspecified atom stereocenters. The van der Waals surface area contributed by atoms with Crippen LogP contribution in [0.1, 0.15) is 32.1 Å². The van der Waals surface area contributed by atoms with Crippen LogP contribution in [0.15, 0.2) is 24.5 Å². The summed E-state index contributed by atoms with van der Waals surface area (Å²) in [7, 11) is 0. The third kappa shape index (κ3) is 4.35. The summed E-state index contributed by atoms with van der Waals surface area (Å²) in [5.41, 5.74) is 0.687. The van der Waals surface area contributed by atoms with E-state index in [0.29, 0.717) is 5.69 Å². The first kappa shape index (κ1) is 13.5. The Hall–Kier alpha value is -1.91. The van der Waals surface area contributed by atoms with Gasteiger partial charge >= 0.3 is 0 Å². The number of carbonyl (C=O) groups is 2. The highest BCUT2D eigenvalue weighted by atomic mass is 16.2. The molecule has 5 heteroatoms. The van der Waals surface area contributed by atoms with Crippen LogP contribution in [0.5, 0.6) is 0 Å². The summed E-state index contributed by atoms with van der Waals surface area (Å²) in [6, 6.07) is 3.42. The Morgan fingerprint density at radius 2 is 1.84 bits per heavy atom. The highest BCUT2D eigenvalue weighted by Gasteiger charge is 2.21. The quantitative estimate of drug-likeness (QED) is 0.867. The molecule has 2 N–H and O–H groups in total. The summed E-state index contributed by atoms with van der Waals surface area (Å²) in [4.78, 5) is 27.4. The van der Waals surface area contributed by atoms with Gasteiger partial charge in [0.2, 0.25) is 11.8 Å². The summed E-state index contributed by atoms with van der Waals surface area (Å²) < 4.78 is 0. The highest BCUT2D eigenvalue weighted by Crippen LogP contribution is 2.23. The SMILES string of the molecule is O=C(CNC(=O)C1CCCCC1)Nc1ccncc1. The molecule has 0 radical (unpaired) electrons. The monoisotopic (exact) mass is 261 g/mol. The van der Waals surface area contributed by atoms with Crippen LogP contribution in [-0.4, -0.2) is 23.3 Å². The van der Waals surface area contributed by atoms with E-state index in [9.17, 15) is 9.59 Å². The van der Waals surface area contributed by atoms with E-state index in [4.69, 9.17) is 0 Å². The predicted molar refractivity (Wildman–Crippen MR) is 72.5 cm³/mol. The number of anilines is 1. The van der Waals surface area contributed by atoms with Crippen LogP contribution in [0.2, 0.25) is 0 Å². The normalized spacial score (nSPS) is 15.8. The van der Waals surface area contributed by atoms with Crippen molar-refractivity contribution < 1.29 is 9.59 Å². The van der Waals surface area contributed by atoms with Crippen LogP contribution in [0.3, 0.4) is 0 Å². The third-order valence-corrected chi connectivity index (χ3v) is 3.36. The van der Waals surface area contributed by atoms with Gasteiger partial charge in [-0.3, -0.25) is 14.6 Å². The third-order valence-electron chi connectivity index (χ3n) is 3.36. The number of carbonyl (C=O) groups excluding carboxylic acids is 2. The van der Waals surface area contributed by atoms with Crippen LogP contribution >= 0.6 is 0 Å². The summed E-state index contributed by atoms with van der Waals surface area (Å²) in [5.74, 6) is -0.123. The van der Waals surface area contributed by atoms with Crippen molar-refractivity contribution in [1.29, 1.82) is 0 Å². The summed E-state index contributed by atoms with van der Waals surface area (Å²) in [6.07, 6.45) is 8.54. The zero-order chi connectivity index (χ0) is 13.5. The van der Waals surface area contributed by atoms with Crippen LogP contribution in [-0.2, 0) is 9.59 Å². The van der Waals surface area contributed by atoms with Crippen LogP contribution in [0.25, 0.3) is 0 Å². The topological polar surface area (TPSA) is 71.1 Å². The molecule has 0 aliphatic heterocycles. The molecule has 2 rings (SSSR count). The molecule has 1 fully saturated rings. The highest BCUT2D eigenvalue weighted by molar-refractivity contribution is 5.94. The summed E-state index contributed by atoms with van der Waals surface area (Å²) in [5, 5.41) is 5.41. The molecule has 0 saturated heterocycles. The zero-order valence-corrected chi connectivity index (χ0v) is 10.9. The molecule has 2 amide bonds. The van der Waals surface area contributed by atoms with E-state index >= 15 is 0 Å². The van der Waals surface area contributed by atoms with E-state index in [-0.39, 0.29) is 24.3 Å². The number of hydrogen-bond donors (Lipinski definition) is 2. The predicted octanol–water partition coefficient (Wildman–Crippen LogP) is 1.72. The maximum absolute atomic E-state index is 11.9. The maximum atomic E-state index is 11.9. The second kappa shape index (κ2) is 6.87. The van der Waals surface area contributed by atoms with Crippen LogP contribution < -0.4 is 10.6 Å². The molecule has 19 heavy (non-hydrogen) atoms. The molecule has 5 nitrogen and oxygen atoms in total. The Morgan fingerprint density at radius 3 is 2.53 bits per heavy atom. The second-order valence-electron chi connectivity index (χ2n) is 4.84. The van der Waals surface area contributed by atoms with Crippen molar-refractivity contribution in [2.24, 2.45) is 5.92 Å². The van der Waals surface area contributed by atoms with Gasteiger partial charge < -0.3 is 10.6 Å². The van der Waals surface area contributed by atoms with Gasteiger partial charge in [-0.2, -0.15) is 0 Å². The lowest BCUT2D eigenvalue weighted by Gasteiger charge is -2.20. The van der Waals surface area contributed by atoms with Crippen molar-refractivity contribution in [2.45, 2.75) is 32.1 Å². The average Bonchev–Trinajstić information content (AvgIpc) is 2.47. The number of nitrogens with one attached hydrogen (secondary N) is 2. The minimum absolute atomic E-state index is 0.00424. The number of rotatable bonds is 4. The Labute approximate surface area is 112 Å². The number of amides is 2. The molecule has 1 aliphatic rings.